The molecule has 2 aromatic heterocycles. The van der Waals surface area contributed by atoms with Gasteiger partial charge in [-0.3, -0.25) is 0 Å². The topological polar surface area (TPSA) is 20.7 Å². The Kier molecular flexibility index (Phi) is 1.55. The van der Waals surface area contributed by atoms with Gasteiger partial charge in [0.1, 0.15) is 0 Å². The van der Waals surface area contributed by atoms with Crippen LogP contribution in [0.5, 0.6) is 0 Å². The van der Waals surface area contributed by atoms with E-state index in [-0.39, 0.29) is 0 Å². The van der Waals surface area contributed by atoms with E-state index in [4.69, 9.17) is 0 Å². The number of nitrogens with zero attached hydrogens (tertiary/aromatic N) is 1. The van der Waals surface area contributed by atoms with Crippen LogP contribution in [-0.4, -0.2) is 9.32 Å². The van der Waals surface area contributed by atoms with Crippen molar-refractivity contribution in [1.82, 2.24) is 9.32 Å². The zero-order valence-corrected chi connectivity index (χ0v) is 7.14. The van der Waals surface area contributed by atoms with Crippen LogP contribution in [0.3, 0.4) is 0 Å². The second kappa shape index (κ2) is 2.55. The highest BCUT2D eigenvalue weighted by atomic mass is 31.0. The third-order valence-corrected chi connectivity index (χ3v) is 2.10. The first-order chi connectivity index (χ1) is 5.38. The monoisotopic (exact) mass is 164 g/mol. The molecule has 0 aromatic carbocycles. The first-order valence-corrected chi connectivity index (χ1v) is 3.96. The number of H-pyrrole nitrogens is 1. The summed E-state index contributed by atoms with van der Waals surface area (Å²) in [4.78, 5) is 3.15. The summed E-state index contributed by atoms with van der Waals surface area (Å²) in [5, 5.41) is 0. The lowest BCUT2D eigenvalue weighted by Gasteiger charge is -1.98. The minimum absolute atomic E-state index is 1.14. The van der Waals surface area contributed by atoms with Crippen LogP contribution in [-0.2, 0) is 0 Å². The Morgan fingerprint density at radius 3 is 2.73 bits per heavy atom. The molecule has 2 nitrogen and oxygen atoms in total. The SMILES string of the molecule is Pn1cccc1-c1ccc[nH]1. The summed E-state index contributed by atoms with van der Waals surface area (Å²) in [6.45, 7) is 0. The maximum Gasteiger partial charge on any atom is 0.0674 e. The van der Waals surface area contributed by atoms with E-state index in [0.717, 1.165) is 5.69 Å². The van der Waals surface area contributed by atoms with Crippen molar-refractivity contribution in [3.05, 3.63) is 36.7 Å². The molecule has 1 atom stereocenters. The third kappa shape index (κ3) is 1.10. The lowest BCUT2D eigenvalue weighted by molar-refractivity contribution is 1.26. The van der Waals surface area contributed by atoms with E-state index in [1.807, 2.05) is 28.9 Å². The molecule has 1 unspecified atom stereocenters. The summed E-state index contributed by atoms with van der Waals surface area (Å²) in [6, 6.07) is 8.13. The molecule has 0 fully saturated rings. The fourth-order valence-electron chi connectivity index (χ4n) is 1.11. The molecule has 2 aromatic rings. The summed E-state index contributed by atoms with van der Waals surface area (Å²) in [7, 11) is 2.64. The second-order valence-electron chi connectivity index (χ2n) is 2.38. The Bertz CT molecular complexity index is 335. The van der Waals surface area contributed by atoms with Gasteiger partial charge in [-0.2, -0.15) is 0 Å². The largest absolute Gasteiger partial charge is 0.360 e. The molecule has 11 heavy (non-hydrogen) atoms. The Morgan fingerprint density at radius 2 is 2.18 bits per heavy atom. The number of aromatic amines is 1. The Balaban J connectivity index is 2.53. The third-order valence-electron chi connectivity index (χ3n) is 1.65. The highest BCUT2D eigenvalue weighted by Crippen LogP contribution is 2.19. The van der Waals surface area contributed by atoms with E-state index >= 15 is 0 Å². The number of aromatic nitrogens is 2. The van der Waals surface area contributed by atoms with Gasteiger partial charge in [0.05, 0.1) is 11.4 Å². The lowest BCUT2D eigenvalue weighted by Crippen LogP contribution is -1.81. The smallest absolute Gasteiger partial charge is 0.0674 e. The van der Waals surface area contributed by atoms with Crippen LogP contribution in [0.1, 0.15) is 0 Å². The van der Waals surface area contributed by atoms with E-state index in [0.29, 0.717) is 0 Å². The number of nitrogens with one attached hydrogen (secondary N) is 1. The fraction of sp³-hybridized carbons (Fsp3) is 0. The predicted octanol–water partition coefficient (Wildman–Crippen LogP) is 2.12. The van der Waals surface area contributed by atoms with Gasteiger partial charge in [-0.1, -0.05) is 0 Å². The number of hydrogen-bond acceptors (Lipinski definition) is 0. The molecule has 0 aliphatic carbocycles. The Morgan fingerprint density at radius 1 is 1.27 bits per heavy atom. The van der Waals surface area contributed by atoms with Gasteiger partial charge in [0.15, 0.2) is 0 Å². The van der Waals surface area contributed by atoms with Crippen molar-refractivity contribution in [2.75, 3.05) is 0 Å². The van der Waals surface area contributed by atoms with Crippen LogP contribution in [0.15, 0.2) is 36.7 Å². The average molecular weight is 164 g/mol. The van der Waals surface area contributed by atoms with Gasteiger partial charge in [-0.25, -0.2) is 0 Å². The highest BCUT2D eigenvalue weighted by molar-refractivity contribution is 7.14. The molecular formula is C8H9N2P. The molecule has 0 aliphatic heterocycles. The zero-order chi connectivity index (χ0) is 7.68. The fourth-order valence-corrected chi connectivity index (χ4v) is 1.44. The van der Waals surface area contributed by atoms with Crippen molar-refractivity contribution >= 4 is 9.39 Å². The van der Waals surface area contributed by atoms with Crippen molar-refractivity contribution in [3.63, 3.8) is 0 Å². The number of hydrogen-bond donors (Lipinski definition) is 1. The minimum atomic E-state index is 1.14. The van der Waals surface area contributed by atoms with Crippen LogP contribution in [0.4, 0.5) is 0 Å². The normalized spacial score (nSPS) is 10.3. The summed E-state index contributed by atoms with van der Waals surface area (Å²) < 4.78 is 2.01. The van der Waals surface area contributed by atoms with Gasteiger partial charge < -0.3 is 9.32 Å². The van der Waals surface area contributed by atoms with E-state index in [9.17, 15) is 0 Å². The van der Waals surface area contributed by atoms with Crippen molar-refractivity contribution in [2.24, 2.45) is 0 Å². The molecule has 0 spiro atoms. The van der Waals surface area contributed by atoms with Gasteiger partial charge in [-0.05, 0) is 33.7 Å². The van der Waals surface area contributed by atoms with Crippen LogP contribution < -0.4 is 0 Å². The molecule has 1 N–H and O–H groups in total. The summed E-state index contributed by atoms with van der Waals surface area (Å²) in [5.41, 5.74) is 2.32. The molecule has 3 heteroatoms. The molecule has 2 heterocycles. The molecule has 2 rings (SSSR count). The summed E-state index contributed by atoms with van der Waals surface area (Å²) in [5.74, 6) is 0. The molecule has 0 bridgehead atoms. The van der Waals surface area contributed by atoms with E-state index in [2.05, 4.69) is 26.5 Å². The first-order valence-electron chi connectivity index (χ1n) is 3.44. The molecule has 0 saturated carbocycles. The highest BCUT2D eigenvalue weighted by Gasteiger charge is 1.99. The Labute approximate surface area is 67.5 Å². The average Bonchev–Trinajstić information content (AvgIpc) is 2.55. The van der Waals surface area contributed by atoms with Crippen molar-refractivity contribution < 1.29 is 0 Å². The van der Waals surface area contributed by atoms with E-state index in [1.54, 1.807) is 0 Å². The molecule has 0 saturated heterocycles. The summed E-state index contributed by atoms with van der Waals surface area (Å²) >= 11 is 0. The zero-order valence-electron chi connectivity index (χ0n) is 5.99. The molecule has 0 radical (unpaired) electrons. The molecule has 0 amide bonds. The number of rotatable bonds is 1. The van der Waals surface area contributed by atoms with Gasteiger partial charge >= 0.3 is 0 Å². The van der Waals surface area contributed by atoms with Crippen molar-refractivity contribution in [1.29, 1.82) is 0 Å². The molecule has 0 aliphatic rings. The van der Waals surface area contributed by atoms with Crippen molar-refractivity contribution in [2.45, 2.75) is 0 Å². The van der Waals surface area contributed by atoms with Gasteiger partial charge in [-0.15, -0.1) is 0 Å². The summed E-state index contributed by atoms with van der Waals surface area (Å²) in [6.07, 6.45) is 3.92. The Hall–Kier alpha value is -1.01. The maximum absolute atomic E-state index is 3.15. The van der Waals surface area contributed by atoms with E-state index < -0.39 is 0 Å². The van der Waals surface area contributed by atoms with Gasteiger partial charge in [0.25, 0.3) is 0 Å². The predicted molar refractivity (Wildman–Crippen MR) is 49.3 cm³/mol. The van der Waals surface area contributed by atoms with Crippen LogP contribution >= 0.6 is 9.39 Å². The van der Waals surface area contributed by atoms with Gasteiger partial charge in [0.2, 0.25) is 0 Å². The van der Waals surface area contributed by atoms with Crippen LogP contribution in [0, 0.1) is 0 Å². The minimum Gasteiger partial charge on any atom is -0.360 e. The first kappa shape index (κ1) is 6.68. The maximum atomic E-state index is 3.15. The molecule has 56 valence electrons. The quantitative estimate of drug-likeness (QED) is 0.623. The van der Waals surface area contributed by atoms with Crippen LogP contribution in [0.25, 0.3) is 11.4 Å². The van der Waals surface area contributed by atoms with E-state index in [1.165, 1.54) is 5.69 Å². The lowest BCUT2D eigenvalue weighted by atomic mass is 10.3. The molecular weight excluding hydrogens is 155 g/mol. The standard InChI is InChI=1S/C8H9N2P/c11-10-6-2-4-8(10)7-3-1-5-9-7/h1-6,9H,11H2. The van der Waals surface area contributed by atoms with Crippen LogP contribution in [0.2, 0.25) is 0 Å². The van der Waals surface area contributed by atoms with Crippen molar-refractivity contribution in [3.8, 4) is 11.4 Å². The second-order valence-corrected chi connectivity index (χ2v) is 2.94. The van der Waals surface area contributed by atoms with Gasteiger partial charge in [0, 0.05) is 12.4 Å².